The van der Waals surface area contributed by atoms with Gasteiger partial charge in [-0.3, -0.25) is 0 Å². The van der Waals surface area contributed by atoms with Gasteiger partial charge in [0.2, 0.25) is 0 Å². The summed E-state index contributed by atoms with van der Waals surface area (Å²) in [7, 11) is 0. The summed E-state index contributed by atoms with van der Waals surface area (Å²) in [6.07, 6.45) is 11.2. The fourth-order valence-corrected chi connectivity index (χ4v) is 3.82. The quantitative estimate of drug-likeness (QED) is 0.837. The van der Waals surface area contributed by atoms with Gasteiger partial charge in [0.15, 0.2) is 0 Å². The lowest BCUT2D eigenvalue weighted by Gasteiger charge is -2.34. The highest BCUT2D eigenvalue weighted by molar-refractivity contribution is 5.22. The minimum Gasteiger partial charge on any atom is -0.311 e. The largest absolute Gasteiger partial charge is 0.311 e. The van der Waals surface area contributed by atoms with E-state index in [0.717, 1.165) is 18.0 Å². The van der Waals surface area contributed by atoms with E-state index in [2.05, 4.69) is 35.6 Å². The van der Waals surface area contributed by atoms with Crippen LogP contribution >= 0.6 is 0 Å². The summed E-state index contributed by atoms with van der Waals surface area (Å²) in [5, 5.41) is 3.97. The molecule has 1 aromatic carbocycles. The Balaban J connectivity index is 1.69. The van der Waals surface area contributed by atoms with Crippen molar-refractivity contribution in [2.45, 2.75) is 69.4 Å². The van der Waals surface area contributed by atoms with Gasteiger partial charge in [0.25, 0.3) is 0 Å². The fourth-order valence-electron chi connectivity index (χ4n) is 3.82. The third kappa shape index (κ3) is 2.77. The molecule has 18 heavy (non-hydrogen) atoms. The van der Waals surface area contributed by atoms with E-state index in [9.17, 15) is 0 Å². The van der Waals surface area contributed by atoms with Crippen molar-refractivity contribution in [3.05, 3.63) is 35.9 Å². The minimum atomic E-state index is 0.726. The molecule has 2 aliphatic carbocycles. The second-order valence-corrected chi connectivity index (χ2v) is 6.06. The van der Waals surface area contributed by atoms with Gasteiger partial charge in [-0.25, -0.2) is 0 Å². The first-order valence-electron chi connectivity index (χ1n) is 7.74. The van der Waals surface area contributed by atoms with E-state index < -0.39 is 0 Å². The molecule has 0 radical (unpaired) electrons. The lowest BCUT2D eigenvalue weighted by atomic mass is 9.79. The highest BCUT2D eigenvalue weighted by Gasteiger charge is 2.28. The van der Waals surface area contributed by atoms with Crippen LogP contribution in [0, 0.1) is 0 Å². The summed E-state index contributed by atoms with van der Waals surface area (Å²) in [4.78, 5) is 0. The predicted octanol–water partition coefficient (Wildman–Crippen LogP) is 4.25. The Kier molecular flexibility index (Phi) is 3.99. The molecular weight excluding hydrogens is 218 g/mol. The zero-order valence-electron chi connectivity index (χ0n) is 11.3. The molecule has 0 aliphatic heterocycles. The van der Waals surface area contributed by atoms with Crippen molar-refractivity contribution >= 4 is 0 Å². The van der Waals surface area contributed by atoms with Crippen molar-refractivity contribution in [1.82, 2.24) is 5.32 Å². The molecule has 0 amide bonds. The highest BCUT2D eigenvalue weighted by Crippen LogP contribution is 2.34. The maximum Gasteiger partial charge on any atom is 0.0138 e. The zero-order valence-corrected chi connectivity index (χ0v) is 11.3. The fraction of sp³-hybridized carbons (Fsp3) is 0.647. The van der Waals surface area contributed by atoms with Gasteiger partial charge in [-0.05, 0) is 37.2 Å². The number of hydrogen-bond donors (Lipinski definition) is 1. The molecule has 2 saturated carbocycles. The van der Waals surface area contributed by atoms with Crippen molar-refractivity contribution in [2.75, 3.05) is 0 Å². The van der Waals surface area contributed by atoms with Gasteiger partial charge in [0.1, 0.15) is 0 Å². The molecule has 1 nitrogen and oxygen atoms in total. The number of rotatable bonds is 3. The molecule has 0 heterocycles. The summed E-state index contributed by atoms with van der Waals surface area (Å²) in [5.41, 5.74) is 1.55. The van der Waals surface area contributed by atoms with Gasteiger partial charge < -0.3 is 5.32 Å². The molecule has 1 N–H and O–H groups in total. The Morgan fingerprint density at radius 3 is 2.22 bits per heavy atom. The topological polar surface area (TPSA) is 12.0 Å². The van der Waals surface area contributed by atoms with Crippen LogP contribution in [0.15, 0.2) is 30.3 Å². The van der Waals surface area contributed by atoms with Crippen molar-refractivity contribution in [3.63, 3.8) is 0 Å². The summed E-state index contributed by atoms with van der Waals surface area (Å²) < 4.78 is 0. The summed E-state index contributed by atoms with van der Waals surface area (Å²) in [6.45, 7) is 0. The van der Waals surface area contributed by atoms with E-state index >= 15 is 0 Å². The van der Waals surface area contributed by atoms with Gasteiger partial charge >= 0.3 is 0 Å². The second kappa shape index (κ2) is 5.88. The average molecular weight is 243 g/mol. The van der Waals surface area contributed by atoms with Crippen LogP contribution in [0.5, 0.6) is 0 Å². The molecule has 0 spiro atoms. The first-order chi connectivity index (χ1) is 8.93. The molecule has 2 fully saturated rings. The Morgan fingerprint density at radius 2 is 1.44 bits per heavy atom. The van der Waals surface area contributed by atoms with Gasteiger partial charge in [0.05, 0.1) is 0 Å². The van der Waals surface area contributed by atoms with E-state index in [1.165, 1.54) is 51.4 Å². The van der Waals surface area contributed by atoms with Crippen LogP contribution in [0.25, 0.3) is 0 Å². The minimum absolute atomic E-state index is 0.726. The Morgan fingerprint density at radius 1 is 0.778 bits per heavy atom. The van der Waals surface area contributed by atoms with Crippen molar-refractivity contribution in [1.29, 1.82) is 0 Å². The number of benzene rings is 1. The van der Waals surface area contributed by atoms with Crippen LogP contribution in [-0.4, -0.2) is 12.1 Å². The van der Waals surface area contributed by atoms with E-state index in [1.54, 1.807) is 5.56 Å². The van der Waals surface area contributed by atoms with Crippen LogP contribution in [-0.2, 0) is 0 Å². The highest BCUT2D eigenvalue weighted by atomic mass is 15.0. The van der Waals surface area contributed by atoms with Crippen LogP contribution < -0.4 is 5.32 Å². The normalized spacial score (nSPS) is 29.6. The lowest BCUT2D eigenvalue weighted by molar-refractivity contribution is 0.299. The monoisotopic (exact) mass is 243 g/mol. The van der Waals surface area contributed by atoms with E-state index in [4.69, 9.17) is 0 Å². The van der Waals surface area contributed by atoms with Gasteiger partial charge in [-0.1, -0.05) is 56.0 Å². The molecule has 3 rings (SSSR count). The molecule has 0 bridgehead atoms. The molecule has 0 saturated heterocycles. The number of nitrogens with one attached hydrogen (secondary N) is 1. The first-order valence-corrected chi connectivity index (χ1v) is 7.74. The van der Waals surface area contributed by atoms with Crippen LogP contribution in [0.1, 0.15) is 62.8 Å². The van der Waals surface area contributed by atoms with Crippen LogP contribution in [0.4, 0.5) is 0 Å². The lowest BCUT2D eigenvalue weighted by Crippen LogP contribution is -2.42. The average Bonchev–Trinajstić information content (AvgIpc) is 2.93. The molecular formula is C17H25N. The molecule has 2 unspecified atom stereocenters. The smallest absolute Gasteiger partial charge is 0.0138 e. The van der Waals surface area contributed by atoms with Crippen molar-refractivity contribution in [2.24, 2.45) is 0 Å². The molecule has 1 aromatic rings. The van der Waals surface area contributed by atoms with Gasteiger partial charge in [-0.15, -0.1) is 0 Å². The van der Waals surface area contributed by atoms with Gasteiger partial charge in [-0.2, -0.15) is 0 Å². The standard InChI is InChI=1S/C17H25N/c1-2-8-14(9-3-1)16-12-6-7-13-17(16)18-15-10-4-5-11-15/h1-3,8-9,15-18H,4-7,10-13H2. The predicted molar refractivity (Wildman–Crippen MR) is 76.8 cm³/mol. The first kappa shape index (κ1) is 12.2. The Labute approximate surface area is 111 Å². The summed E-state index contributed by atoms with van der Waals surface area (Å²) in [6, 6.07) is 12.7. The van der Waals surface area contributed by atoms with Crippen molar-refractivity contribution in [3.8, 4) is 0 Å². The van der Waals surface area contributed by atoms with E-state index in [-0.39, 0.29) is 0 Å². The molecule has 1 heteroatoms. The maximum atomic E-state index is 3.97. The van der Waals surface area contributed by atoms with Gasteiger partial charge in [0, 0.05) is 12.1 Å². The van der Waals surface area contributed by atoms with Crippen LogP contribution in [0.3, 0.4) is 0 Å². The zero-order chi connectivity index (χ0) is 12.2. The Hall–Kier alpha value is -0.820. The van der Waals surface area contributed by atoms with Crippen molar-refractivity contribution < 1.29 is 0 Å². The molecule has 2 atom stereocenters. The third-order valence-corrected chi connectivity index (χ3v) is 4.80. The third-order valence-electron chi connectivity index (χ3n) is 4.80. The molecule has 98 valence electrons. The van der Waals surface area contributed by atoms with E-state index in [0.29, 0.717) is 0 Å². The summed E-state index contributed by atoms with van der Waals surface area (Å²) in [5.74, 6) is 0.751. The van der Waals surface area contributed by atoms with E-state index in [1.807, 2.05) is 0 Å². The van der Waals surface area contributed by atoms with Crippen LogP contribution in [0.2, 0.25) is 0 Å². The Bertz CT molecular complexity index is 353. The number of hydrogen-bond acceptors (Lipinski definition) is 1. The maximum absolute atomic E-state index is 3.97. The second-order valence-electron chi connectivity index (χ2n) is 6.06. The molecule has 0 aromatic heterocycles. The SMILES string of the molecule is c1ccc(C2CCCCC2NC2CCCC2)cc1. The summed E-state index contributed by atoms with van der Waals surface area (Å²) >= 11 is 0. The molecule has 2 aliphatic rings.